The zero-order valence-corrected chi connectivity index (χ0v) is 11.8. The Morgan fingerprint density at radius 2 is 2.14 bits per heavy atom. The number of benzene rings is 1. The lowest BCUT2D eigenvalue weighted by Gasteiger charge is -2.20. The minimum absolute atomic E-state index is 0.149. The molecule has 1 unspecified atom stereocenters. The third-order valence-corrected chi connectivity index (χ3v) is 4.04. The van der Waals surface area contributed by atoms with Crippen molar-refractivity contribution < 1.29 is 14.2 Å². The van der Waals surface area contributed by atoms with Gasteiger partial charge in [-0.05, 0) is 23.6 Å². The highest BCUT2D eigenvalue weighted by atomic mass is 16.7. The first-order valence-corrected chi connectivity index (χ1v) is 7.03. The average molecular weight is 287 g/mol. The van der Waals surface area contributed by atoms with E-state index in [1.165, 1.54) is 0 Å². The molecule has 2 aliphatic rings. The quantitative estimate of drug-likeness (QED) is 0.889. The number of nitrogens with one attached hydrogen (secondary N) is 2. The number of hydrogen-bond donors (Lipinski definition) is 2. The van der Waals surface area contributed by atoms with Gasteiger partial charge < -0.3 is 24.8 Å². The van der Waals surface area contributed by atoms with Gasteiger partial charge in [-0.15, -0.1) is 0 Å². The first kappa shape index (κ1) is 12.7. The highest BCUT2D eigenvalue weighted by Crippen LogP contribution is 2.38. The fourth-order valence-corrected chi connectivity index (χ4v) is 2.90. The van der Waals surface area contributed by atoms with Crippen molar-refractivity contribution in [1.29, 1.82) is 0 Å². The number of aromatic nitrogens is 1. The largest absolute Gasteiger partial charge is 0.454 e. The van der Waals surface area contributed by atoms with Crippen LogP contribution in [0.1, 0.15) is 0 Å². The Morgan fingerprint density at radius 3 is 3.00 bits per heavy atom. The van der Waals surface area contributed by atoms with Crippen molar-refractivity contribution in [3.8, 4) is 11.5 Å². The van der Waals surface area contributed by atoms with Crippen molar-refractivity contribution in [2.24, 2.45) is 0 Å². The number of nitrogens with zero attached hydrogens (tertiary/aromatic N) is 1. The number of methoxy groups -OCH3 is 1. The van der Waals surface area contributed by atoms with Gasteiger partial charge in [0.05, 0.1) is 12.1 Å². The van der Waals surface area contributed by atoms with Gasteiger partial charge in [0, 0.05) is 31.8 Å². The summed E-state index contributed by atoms with van der Waals surface area (Å²) in [5.74, 6) is 2.41. The van der Waals surface area contributed by atoms with Crippen molar-refractivity contribution in [2.45, 2.75) is 12.1 Å². The maximum absolute atomic E-state index is 5.48. The van der Waals surface area contributed by atoms with E-state index in [1.807, 2.05) is 18.2 Å². The third kappa shape index (κ3) is 2.16. The van der Waals surface area contributed by atoms with E-state index in [4.69, 9.17) is 14.2 Å². The van der Waals surface area contributed by atoms with Gasteiger partial charge in [-0.1, -0.05) is 0 Å². The Balaban J connectivity index is 1.71. The molecule has 4 rings (SSSR count). The summed E-state index contributed by atoms with van der Waals surface area (Å²) in [6, 6.07) is 6.16. The van der Waals surface area contributed by atoms with Gasteiger partial charge in [0.15, 0.2) is 11.5 Å². The van der Waals surface area contributed by atoms with Gasteiger partial charge >= 0.3 is 0 Å². The molecule has 1 saturated heterocycles. The number of hydrogen-bond acceptors (Lipinski definition) is 6. The van der Waals surface area contributed by atoms with Crippen molar-refractivity contribution in [3.63, 3.8) is 0 Å². The fourth-order valence-electron chi connectivity index (χ4n) is 2.90. The smallest absolute Gasteiger partial charge is 0.231 e. The van der Waals surface area contributed by atoms with Crippen molar-refractivity contribution >= 4 is 16.6 Å². The second-order valence-electron chi connectivity index (χ2n) is 5.27. The summed E-state index contributed by atoms with van der Waals surface area (Å²) in [5, 5.41) is 8.92. The van der Waals surface area contributed by atoms with E-state index in [1.54, 1.807) is 13.3 Å². The van der Waals surface area contributed by atoms with Crippen LogP contribution in [0.2, 0.25) is 0 Å². The Hall–Kier alpha value is -2.05. The molecule has 0 radical (unpaired) electrons. The van der Waals surface area contributed by atoms with E-state index in [-0.39, 0.29) is 18.9 Å². The van der Waals surface area contributed by atoms with Crippen LogP contribution in [0.5, 0.6) is 11.5 Å². The van der Waals surface area contributed by atoms with Gasteiger partial charge in [0.25, 0.3) is 0 Å². The summed E-state index contributed by atoms with van der Waals surface area (Å²) in [6.45, 7) is 1.99. The topological polar surface area (TPSA) is 64.6 Å². The summed E-state index contributed by atoms with van der Waals surface area (Å²) in [7, 11) is 1.74. The zero-order chi connectivity index (χ0) is 14.2. The zero-order valence-electron chi connectivity index (χ0n) is 11.8. The molecule has 1 aromatic carbocycles. The predicted molar refractivity (Wildman–Crippen MR) is 78.9 cm³/mol. The van der Waals surface area contributed by atoms with E-state index in [0.29, 0.717) is 0 Å². The summed E-state index contributed by atoms with van der Waals surface area (Å²) < 4.78 is 16.4. The summed E-state index contributed by atoms with van der Waals surface area (Å²) in [5.41, 5.74) is 0. The predicted octanol–water partition coefficient (Wildman–Crippen LogP) is 1.36. The molecule has 2 aliphatic heterocycles. The van der Waals surface area contributed by atoms with Crippen molar-refractivity contribution in [3.05, 3.63) is 24.4 Å². The summed E-state index contributed by atoms with van der Waals surface area (Å²) in [6.07, 6.45) is 1.95. The monoisotopic (exact) mass is 287 g/mol. The maximum atomic E-state index is 5.48. The normalized spacial score (nSPS) is 23.7. The van der Waals surface area contributed by atoms with Crippen LogP contribution in [0.15, 0.2) is 24.4 Å². The Labute approximate surface area is 122 Å². The van der Waals surface area contributed by atoms with Crippen LogP contribution in [0.25, 0.3) is 10.8 Å². The van der Waals surface area contributed by atoms with E-state index in [0.717, 1.165) is 41.2 Å². The lowest BCUT2D eigenvalue weighted by atomic mass is 10.1. The molecule has 0 spiro atoms. The SMILES string of the molecule is CO[C@H]1CNCC1Nc1nccc2cc3c(cc12)OCO3. The van der Waals surface area contributed by atoms with E-state index in [2.05, 4.69) is 15.6 Å². The van der Waals surface area contributed by atoms with Gasteiger partial charge in [-0.25, -0.2) is 4.98 Å². The van der Waals surface area contributed by atoms with Crippen LogP contribution in [0.3, 0.4) is 0 Å². The number of ether oxygens (including phenoxy) is 3. The van der Waals surface area contributed by atoms with E-state index in [9.17, 15) is 0 Å². The Bertz CT molecular complexity index is 677. The van der Waals surface area contributed by atoms with Crippen LogP contribution >= 0.6 is 0 Å². The molecule has 2 N–H and O–H groups in total. The molecule has 21 heavy (non-hydrogen) atoms. The molecular weight excluding hydrogens is 270 g/mol. The first-order valence-electron chi connectivity index (χ1n) is 7.03. The number of rotatable bonds is 3. The van der Waals surface area contributed by atoms with Gasteiger partial charge in [0.1, 0.15) is 5.82 Å². The van der Waals surface area contributed by atoms with Gasteiger partial charge in [0.2, 0.25) is 6.79 Å². The molecule has 0 saturated carbocycles. The minimum Gasteiger partial charge on any atom is -0.454 e. The standard InChI is InChI=1S/C15H17N3O3/c1-19-14-7-16-6-11(14)18-15-10-5-13-12(20-8-21-13)4-9(10)2-3-17-15/h2-5,11,14,16H,6-8H2,1H3,(H,17,18)/t11?,14-/m0/s1. The molecule has 2 atom stereocenters. The molecule has 3 heterocycles. The molecule has 0 aliphatic carbocycles. The van der Waals surface area contributed by atoms with Crippen LogP contribution in [-0.2, 0) is 4.74 Å². The lowest BCUT2D eigenvalue weighted by molar-refractivity contribution is 0.111. The number of fused-ring (bicyclic) bond motifs is 2. The molecule has 110 valence electrons. The van der Waals surface area contributed by atoms with E-state index >= 15 is 0 Å². The lowest BCUT2D eigenvalue weighted by Crippen LogP contribution is -2.33. The van der Waals surface area contributed by atoms with Crippen LogP contribution < -0.4 is 20.1 Å². The molecule has 6 nitrogen and oxygen atoms in total. The third-order valence-electron chi connectivity index (χ3n) is 4.04. The van der Waals surface area contributed by atoms with E-state index < -0.39 is 0 Å². The first-order chi connectivity index (χ1) is 10.3. The second-order valence-corrected chi connectivity index (χ2v) is 5.27. The molecule has 6 heteroatoms. The molecule has 2 aromatic rings. The second kappa shape index (κ2) is 5.05. The van der Waals surface area contributed by atoms with Gasteiger partial charge in [-0.2, -0.15) is 0 Å². The maximum Gasteiger partial charge on any atom is 0.231 e. The van der Waals surface area contributed by atoms with Crippen LogP contribution in [-0.4, -0.2) is 44.1 Å². The highest BCUT2D eigenvalue weighted by Gasteiger charge is 2.27. The van der Waals surface area contributed by atoms with Crippen LogP contribution in [0.4, 0.5) is 5.82 Å². The van der Waals surface area contributed by atoms with Crippen LogP contribution in [0, 0.1) is 0 Å². The molecule has 0 bridgehead atoms. The minimum atomic E-state index is 0.149. The Kier molecular flexibility index (Phi) is 3.05. The summed E-state index contributed by atoms with van der Waals surface area (Å²) >= 11 is 0. The van der Waals surface area contributed by atoms with Gasteiger partial charge in [-0.3, -0.25) is 0 Å². The average Bonchev–Trinajstić information content (AvgIpc) is 3.13. The Morgan fingerprint density at radius 1 is 1.29 bits per heavy atom. The molecule has 1 aromatic heterocycles. The highest BCUT2D eigenvalue weighted by molar-refractivity contribution is 5.94. The fraction of sp³-hybridized carbons (Fsp3) is 0.400. The van der Waals surface area contributed by atoms with Crippen molar-refractivity contribution in [1.82, 2.24) is 10.3 Å². The summed E-state index contributed by atoms with van der Waals surface area (Å²) in [4.78, 5) is 4.47. The molecule has 0 amide bonds. The number of pyridine rings is 1. The van der Waals surface area contributed by atoms with Crippen molar-refractivity contribution in [2.75, 3.05) is 32.3 Å². The molecular formula is C15H17N3O3. The molecule has 1 fully saturated rings. The number of anilines is 1.